The fraction of sp³-hybridized carbons (Fsp3) is 0.364. The minimum absolute atomic E-state index is 0.489. The first-order chi connectivity index (χ1) is 7.84. The third-order valence-electron chi connectivity index (χ3n) is 2.24. The number of aryl methyl sites for hydroxylation is 2. The Balaban J connectivity index is 2.90. The number of nitrogens with one attached hydrogen (secondary N) is 2. The lowest BCUT2D eigenvalue weighted by Gasteiger charge is -2.26. The standard InChI is InChI=1S/C11H13Cl3N2O/c1-7-3-4-9(8(2)5-7)16-10(15-6-17)11(12,13)14/h3-6,10,16H,1-2H3,(H,15,17)/t10-/m1/s1. The second-order valence-corrected chi connectivity index (χ2v) is 6.09. The van der Waals surface area contributed by atoms with E-state index in [2.05, 4.69) is 10.6 Å². The van der Waals surface area contributed by atoms with E-state index in [1.54, 1.807) is 0 Å². The number of hydrogen-bond acceptors (Lipinski definition) is 2. The van der Waals surface area contributed by atoms with E-state index >= 15 is 0 Å². The summed E-state index contributed by atoms with van der Waals surface area (Å²) >= 11 is 17.3. The SMILES string of the molecule is Cc1ccc(N[C@@H](NC=O)C(Cl)(Cl)Cl)c(C)c1. The molecule has 17 heavy (non-hydrogen) atoms. The van der Waals surface area contributed by atoms with Crippen molar-refractivity contribution in [1.29, 1.82) is 0 Å². The third kappa shape index (κ3) is 4.26. The van der Waals surface area contributed by atoms with Crippen LogP contribution in [0.1, 0.15) is 11.1 Å². The molecule has 0 aromatic heterocycles. The Morgan fingerprint density at radius 1 is 1.29 bits per heavy atom. The Bertz CT molecular complexity index is 404. The summed E-state index contributed by atoms with van der Waals surface area (Å²) in [5.41, 5.74) is 2.96. The Morgan fingerprint density at radius 3 is 2.41 bits per heavy atom. The van der Waals surface area contributed by atoms with Crippen molar-refractivity contribution in [2.75, 3.05) is 5.32 Å². The smallest absolute Gasteiger partial charge is 0.228 e. The highest BCUT2D eigenvalue weighted by molar-refractivity contribution is 6.68. The van der Waals surface area contributed by atoms with E-state index in [-0.39, 0.29) is 0 Å². The molecule has 0 aliphatic heterocycles. The number of amides is 1. The number of rotatable bonds is 4. The van der Waals surface area contributed by atoms with Crippen LogP contribution < -0.4 is 10.6 Å². The zero-order valence-corrected chi connectivity index (χ0v) is 11.7. The van der Waals surface area contributed by atoms with E-state index in [1.807, 2.05) is 32.0 Å². The van der Waals surface area contributed by atoms with Gasteiger partial charge in [-0.1, -0.05) is 52.5 Å². The maximum absolute atomic E-state index is 10.5. The van der Waals surface area contributed by atoms with Gasteiger partial charge in [-0.2, -0.15) is 0 Å². The number of alkyl halides is 3. The molecular formula is C11H13Cl3N2O. The van der Waals surface area contributed by atoms with Crippen molar-refractivity contribution < 1.29 is 4.79 Å². The average molecular weight is 296 g/mol. The fourth-order valence-corrected chi connectivity index (χ4v) is 1.77. The summed E-state index contributed by atoms with van der Waals surface area (Å²) in [7, 11) is 0. The summed E-state index contributed by atoms with van der Waals surface area (Å²) in [5, 5.41) is 5.40. The van der Waals surface area contributed by atoms with Crippen molar-refractivity contribution >= 4 is 46.9 Å². The van der Waals surface area contributed by atoms with Crippen LogP contribution in [0.3, 0.4) is 0 Å². The number of benzene rings is 1. The van der Waals surface area contributed by atoms with Crippen LogP contribution in [-0.2, 0) is 4.79 Å². The molecule has 3 nitrogen and oxygen atoms in total. The summed E-state index contributed by atoms with van der Waals surface area (Å²) in [4.78, 5) is 10.5. The molecule has 0 bridgehead atoms. The van der Waals surface area contributed by atoms with E-state index in [0.717, 1.165) is 16.8 Å². The van der Waals surface area contributed by atoms with Gasteiger partial charge in [0.25, 0.3) is 0 Å². The van der Waals surface area contributed by atoms with E-state index in [0.29, 0.717) is 6.41 Å². The highest BCUT2D eigenvalue weighted by atomic mass is 35.6. The summed E-state index contributed by atoms with van der Waals surface area (Å²) < 4.78 is -1.63. The quantitative estimate of drug-likeness (QED) is 0.509. The van der Waals surface area contributed by atoms with Crippen LogP contribution >= 0.6 is 34.8 Å². The van der Waals surface area contributed by atoms with Gasteiger partial charge in [0, 0.05) is 5.69 Å². The lowest BCUT2D eigenvalue weighted by atomic mass is 10.1. The minimum atomic E-state index is -1.63. The maximum Gasteiger partial charge on any atom is 0.228 e. The molecule has 2 N–H and O–H groups in total. The monoisotopic (exact) mass is 294 g/mol. The van der Waals surface area contributed by atoms with Crippen molar-refractivity contribution in [3.63, 3.8) is 0 Å². The first-order valence-corrected chi connectivity index (χ1v) is 6.08. The molecule has 1 aromatic carbocycles. The molecule has 0 radical (unpaired) electrons. The van der Waals surface area contributed by atoms with Gasteiger partial charge in [0.1, 0.15) is 6.17 Å². The van der Waals surface area contributed by atoms with Gasteiger partial charge in [-0.25, -0.2) is 0 Å². The van der Waals surface area contributed by atoms with Gasteiger partial charge < -0.3 is 10.6 Å². The summed E-state index contributed by atoms with van der Waals surface area (Å²) in [6, 6.07) is 5.81. The molecule has 0 saturated carbocycles. The van der Waals surface area contributed by atoms with Crippen LogP contribution in [-0.4, -0.2) is 16.4 Å². The first kappa shape index (κ1) is 14.4. The number of carbonyl (C=O) groups is 1. The van der Waals surface area contributed by atoms with E-state index < -0.39 is 9.96 Å². The van der Waals surface area contributed by atoms with Crippen molar-refractivity contribution in [1.82, 2.24) is 5.32 Å². The summed E-state index contributed by atoms with van der Waals surface area (Å²) in [6.07, 6.45) is -0.297. The van der Waals surface area contributed by atoms with Crippen molar-refractivity contribution in [2.24, 2.45) is 0 Å². The first-order valence-electron chi connectivity index (χ1n) is 4.95. The second-order valence-electron chi connectivity index (χ2n) is 3.72. The van der Waals surface area contributed by atoms with Gasteiger partial charge in [0.05, 0.1) is 0 Å². The number of anilines is 1. The predicted molar refractivity (Wildman–Crippen MR) is 72.8 cm³/mol. The molecule has 1 amide bonds. The molecular weight excluding hydrogens is 282 g/mol. The molecule has 1 rings (SSSR count). The molecule has 0 aliphatic rings. The lowest BCUT2D eigenvalue weighted by Crippen LogP contribution is -2.45. The van der Waals surface area contributed by atoms with Crippen molar-refractivity contribution in [3.8, 4) is 0 Å². The molecule has 0 saturated heterocycles. The molecule has 0 spiro atoms. The van der Waals surface area contributed by atoms with E-state index in [1.165, 1.54) is 0 Å². The molecule has 0 heterocycles. The Labute approximate surface area is 115 Å². The number of carbonyl (C=O) groups excluding carboxylic acids is 1. The lowest BCUT2D eigenvalue weighted by molar-refractivity contribution is -0.110. The fourth-order valence-electron chi connectivity index (χ4n) is 1.42. The highest BCUT2D eigenvalue weighted by Gasteiger charge is 2.32. The number of hydrogen-bond donors (Lipinski definition) is 2. The summed E-state index contributed by atoms with van der Waals surface area (Å²) in [6.45, 7) is 3.93. The molecule has 94 valence electrons. The highest BCUT2D eigenvalue weighted by Crippen LogP contribution is 2.31. The van der Waals surface area contributed by atoms with Gasteiger partial charge in [-0.15, -0.1) is 0 Å². The Kier molecular flexibility index (Phi) is 4.92. The van der Waals surface area contributed by atoms with Gasteiger partial charge in [0.2, 0.25) is 10.2 Å². The summed E-state index contributed by atoms with van der Waals surface area (Å²) in [5.74, 6) is 0. The second kappa shape index (κ2) is 5.80. The topological polar surface area (TPSA) is 41.1 Å². The molecule has 6 heteroatoms. The van der Waals surface area contributed by atoms with E-state index in [4.69, 9.17) is 34.8 Å². The third-order valence-corrected chi connectivity index (χ3v) is 2.90. The molecule has 1 aromatic rings. The van der Waals surface area contributed by atoms with Gasteiger partial charge in [-0.3, -0.25) is 4.79 Å². The van der Waals surface area contributed by atoms with Crippen LogP contribution in [0.4, 0.5) is 5.69 Å². The van der Waals surface area contributed by atoms with Gasteiger partial charge >= 0.3 is 0 Å². The Hall–Kier alpha value is -0.640. The van der Waals surface area contributed by atoms with Crippen LogP contribution in [0.2, 0.25) is 0 Å². The van der Waals surface area contributed by atoms with Gasteiger partial charge in [0.15, 0.2) is 0 Å². The largest absolute Gasteiger partial charge is 0.362 e. The van der Waals surface area contributed by atoms with Crippen LogP contribution in [0.25, 0.3) is 0 Å². The maximum atomic E-state index is 10.5. The van der Waals surface area contributed by atoms with Crippen LogP contribution in [0.15, 0.2) is 18.2 Å². The van der Waals surface area contributed by atoms with Gasteiger partial charge in [-0.05, 0) is 25.5 Å². The predicted octanol–water partition coefficient (Wildman–Crippen LogP) is 3.16. The zero-order chi connectivity index (χ0) is 13.1. The molecule has 0 aliphatic carbocycles. The minimum Gasteiger partial charge on any atom is -0.362 e. The Morgan fingerprint density at radius 2 is 1.94 bits per heavy atom. The molecule has 1 atom stereocenters. The van der Waals surface area contributed by atoms with E-state index in [9.17, 15) is 4.79 Å². The molecule has 0 unspecified atom stereocenters. The molecule has 0 fully saturated rings. The number of halogens is 3. The van der Waals surface area contributed by atoms with Crippen molar-refractivity contribution in [3.05, 3.63) is 29.3 Å². The normalized spacial score (nSPS) is 13.0. The van der Waals surface area contributed by atoms with Crippen LogP contribution in [0, 0.1) is 13.8 Å². The zero-order valence-electron chi connectivity index (χ0n) is 9.43. The average Bonchev–Trinajstić information content (AvgIpc) is 2.19. The van der Waals surface area contributed by atoms with Crippen molar-refractivity contribution in [2.45, 2.75) is 23.8 Å². The van der Waals surface area contributed by atoms with Crippen LogP contribution in [0.5, 0.6) is 0 Å².